The molecule has 0 unspecified atom stereocenters. The molecule has 0 atom stereocenters. The van der Waals surface area contributed by atoms with Gasteiger partial charge in [0.1, 0.15) is 0 Å². The average molecular weight is 244 g/mol. The van der Waals surface area contributed by atoms with E-state index in [1.165, 1.54) is 19.3 Å². The summed E-state index contributed by atoms with van der Waals surface area (Å²) < 4.78 is 0. The summed E-state index contributed by atoms with van der Waals surface area (Å²) in [5.41, 5.74) is 7.25. The van der Waals surface area contributed by atoms with Gasteiger partial charge in [0.25, 0.3) is 0 Å². The van der Waals surface area contributed by atoms with Crippen molar-refractivity contribution in [3.05, 3.63) is 33.8 Å². The van der Waals surface area contributed by atoms with E-state index in [0.29, 0.717) is 10.0 Å². The minimum atomic E-state index is 0.286. The Labute approximate surface area is 101 Å². The van der Waals surface area contributed by atoms with E-state index >= 15 is 0 Å². The predicted octanol–water partition coefficient (Wildman–Crippen LogP) is 3.66. The lowest BCUT2D eigenvalue weighted by Gasteiger charge is -2.41. The van der Waals surface area contributed by atoms with Crippen LogP contribution in [0.25, 0.3) is 0 Å². The van der Waals surface area contributed by atoms with Crippen LogP contribution in [0.15, 0.2) is 18.2 Å². The zero-order valence-corrected chi connectivity index (χ0v) is 10.1. The van der Waals surface area contributed by atoms with E-state index in [-0.39, 0.29) is 5.41 Å². The molecule has 1 fully saturated rings. The van der Waals surface area contributed by atoms with Crippen LogP contribution in [0, 0.1) is 5.41 Å². The first kappa shape index (κ1) is 11.3. The van der Waals surface area contributed by atoms with Crippen LogP contribution in [0.3, 0.4) is 0 Å². The van der Waals surface area contributed by atoms with Gasteiger partial charge in [-0.25, -0.2) is 0 Å². The van der Waals surface area contributed by atoms with Crippen LogP contribution in [-0.2, 0) is 6.42 Å². The Hall–Kier alpha value is -0.240. The highest BCUT2D eigenvalue weighted by atomic mass is 35.5. The summed E-state index contributed by atoms with van der Waals surface area (Å²) in [4.78, 5) is 0. The SMILES string of the molecule is NCC1(Cc2cccc(Cl)c2Cl)CCC1. The molecule has 15 heavy (non-hydrogen) atoms. The van der Waals surface area contributed by atoms with E-state index in [4.69, 9.17) is 28.9 Å². The maximum Gasteiger partial charge on any atom is 0.0624 e. The molecule has 0 saturated heterocycles. The Morgan fingerprint density at radius 2 is 2.00 bits per heavy atom. The smallest absolute Gasteiger partial charge is 0.0624 e. The molecule has 82 valence electrons. The molecule has 2 N–H and O–H groups in total. The summed E-state index contributed by atoms with van der Waals surface area (Å²) in [6.07, 6.45) is 4.68. The highest BCUT2D eigenvalue weighted by Gasteiger charge is 2.36. The van der Waals surface area contributed by atoms with Gasteiger partial charge in [0.15, 0.2) is 0 Å². The first-order valence-electron chi connectivity index (χ1n) is 5.30. The van der Waals surface area contributed by atoms with Gasteiger partial charge < -0.3 is 5.73 Å². The van der Waals surface area contributed by atoms with Crippen LogP contribution in [0.4, 0.5) is 0 Å². The number of hydrogen-bond donors (Lipinski definition) is 1. The summed E-state index contributed by atoms with van der Waals surface area (Å²) in [6, 6.07) is 5.82. The van der Waals surface area contributed by atoms with Gasteiger partial charge in [0, 0.05) is 0 Å². The quantitative estimate of drug-likeness (QED) is 0.862. The van der Waals surface area contributed by atoms with Gasteiger partial charge in [-0.2, -0.15) is 0 Å². The number of nitrogens with two attached hydrogens (primary N) is 1. The van der Waals surface area contributed by atoms with Crippen molar-refractivity contribution in [1.82, 2.24) is 0 Å². The topological polar surface area (TPSA) is 26.0 Å². The molecule has 1 saturated carbocycles. The fourth-order valence-corrected chi connectivity index (χ4v) is 2.61. The van der Waals surface area contributed by atoms with Crippen molar-refractivity contribution in [1.29, 1.82) is 0 Å². The van der Waals surface area contributed by atoms with Gasteiger partial charge in [0.2, 0.25) is 0 Å². The zero-order chi connectivity index (χ0) is 10.9. The van der Waals surface area contributed by atoms with Crippen LogP contribution in [0.5, 0.6) is 0 Å². The molecule has 0 amide bonds. The second kappa shape index (κ2) is 4.32. The van der Waals surface area contributed by atoms with Crippen molar-refractivity contribution in [2.75, 3.05) is 6.54 Å². The molecule has 0 aliphatic heterocycles. The summed E-state index contributed by atoms with van der Waals surface area (Å²) in [6.45, 7) is 0.746. The van der Waals surface area contributed by atoms with Crippen molar-refractivity contribution in [3.63, 3.8) is 0 Å². The Balaban J connectivity index is 2.20. The number of hydrogen-bond acceptors (Lipinski definition) is 1. The second-order valence-corrected chi connectivity index (χ2v) is 5.23. The first-order valence-corrected chi connectivity index (χ1v) is 6.05. The van der Waals surface area contributed by atoms with Crippen molar-refractivity contribution in [3.8, 4) is 0 Å². The molecular weight excluding hydrogens is 229 g/mol. The van der Waals surface area contributed by atoms with E-state index < -0.39 is 0 Å². The third-order valence-corrected chi connectivity index (χ3v) is 4.30. The molecule has 1 aliphatic rings. The molecule has 1 aromatic rings. The van der Waals surface area contributed by atoms with Crippen LogP contribution in [0.1, 0.15) is 24.8 Å². The number of rotatable bonds is 3. The van der Waals surface area contributed by atoms with E-state index in [1.54, 1.807) is 0 Å². The molecule has 3 heteroatoms. The molecule has 1 aliphatic carbocycles. The van der Waals surface area contributed by atoms with E-state index in [9.17, 15) is 0 Å². The van der Waals surface area contributed by atoms with E-state index in [2.05, 4.69) is 0 Å². The van der Waals surface area contributed by atoms with Crippen molar-refractivity contribution in [2.45, 2.75) is 25.7 Å². The Morgan fingerprint density at radius 3 is 2.53 bits per heavy atom. The fraction of sp³-hybridized carbons (Fsp3) is 0.500. The molecular formula is C12H15Cl2N. The standard InChI is InChI=1S/C12H15Cl2N/c13-10-4-1-3-9(11(10)14)7-12(8-15)5-2-6-12/h1,3-4H,2,5-8,15H2. The summed E-state index contributed by atoms with van der Waals surface area (Å²) in [5.74, 6) is 0. The highest BCUT2D eigenvalue weighted by Crippen LogP contribution is 2.44. The van der Waals surface area contributed by atoms with Crippen LogP contribution >= 0.6 is 23.2 Å². The Kier molecular flexibility index (Phi) is 3.24. The monoisotopic (exact) mass is 243 g/mol. The largest absolute Gasteiger partial charge is 0.330 e. The number of benzene rings is 1. The first-order chi connectivity index (χ1) is 7.17. The third kappa shape index (κ3) is 2.15. The normalized spacial score (nSPS) is 18.6. The average Bonchev–Trinajstić information content (AvgIpc) is 2.18. The lowest BCUT2D eigenvalue weighted by molar-refractivity contribution is 0.145. The van der Waals surface area contributed by atoms with Gasteiger partial charge in [0.05, 0.1) is 10.0 Å². The minimum absolute atomic E-state index is 0.286. The lowest BCUT2D eigenvalue weighted by Crippen LogP contribution is -2.39. The van der Waals surface area contributed by atoms with E-state index in [1.807, 2.05) is 18.2 Å². The minimum Gasteiger partial charge on any atom is -0.330 e. The highest BCUT2D eigenvalue weighted by molar-refractivity contribution is 6.42. The lowest BCUT2D eigenvalue weighted by atomic mass is 9.65. The molecule has 1 nitrogen and oxygen atoms in total. The maximum atomic E-state index is 6.16. The van der Waals surface area contributed by atoms with Crippen LogP contribution in [-0.4, -0.2) is 6.54 Å². The molecule has 2 rings (SSSR count). The third-order valence-electron chi connectivity index (χ3n) is 3.44. The summed E-state index contributed by atoms with van der Waals surface area (Å²) >= 11 is 12.1. The second-order valence-electron chi connectivity index (χ2n) is 4.45. The fourth-order valence-electron chi connectivity index (χ4n) is 2.22. The van der Waals surface area contributed by atoms with Crippen LogP contribution in [0.2, 0.25) is 10.0 Å². The van der Waals surface area contributed by atoms with Gasteiger partial charge >= 0.3 is 0 Å². The maximum absolute atomic E-state index is 6.16. The Morgan fingerprint density at radius 1 is 1.27 bits per heavy atom. The molecule has 0 radical (unpaired) electrons. The molecule has 0 bridgehead atoms. The molecule has 0 heterocycles. The van der Waals surface area contributed by atoms with Gasteiger partial charge in [-0.3, -0.25) is 0 Å². The molecule has 1 aromatic carbocycles. The predicted molar refractivity (Wildman–Crippen MR) is 65.5 cm³/mol. The zero-order valence-electron chi connectivity index (χ0n) is 8.60. The number of halogens is 2. The summed E-state index contributed by atoms with van der Waals surface area (Å²) in [5, 5.41) is 1.33. The van der Waals surface area contributed by atoms with Crippen LogP contribution < -0.4 is 5.73 Å². The van der Waals surface area contributed by atoms with Crippen molar-refractivity contribution >= 4 is 23.2 Å². The summed E-state index contributed by atoms with van der Waals surface area (Å²) in [7, 11) is 0. The van der Waals surface area contributed by atoms with Crippen molar-refractivity contribution < 1.29 is 0 Å². The van der Waals surface area contributed by atoms with Gasteiger partial charge in [-0.1, -0.05) is 41.8 Å². The van der Waals surface area contributed by atoms with Gasteiger partial charge in [-0.05, 0) is 42.9 Å². The van der Waals surface area contributed by atoms with E-state index in [0.717, 1.165) is 18.5 Å². The molecule has 0 spiro atoms. The Bertz CT molecular complexity index is 353. The van der Waals surface area contributed by atoms with Gasteiger partial charge in [-0.15, -0.1) is 0 Å². The molecule has 0 aromatic heterocycles. The van der Waals surface area contributed by atoms with Crippen molar-refractivity contribution in [2.24, 2.45) is 11.1 Å².